The molecule has 0 aliphatic carbocycles. The van der Waals surface area contributed by atoms with E-state index in [1.807, 2.05) is 35.2 Å². The second kappa shape index (κ2) is 9.73. The van der Waals surface area contributed by atoms with Crippen molar-refractivity contribution in [1.29, 1.82) is 0 Å². The number of carbonyl (C=O) groups is 1. The third kappa shape index (κ3) is 5.13. The number of guanidine groups is 1. The van der Waals surface area contributed by atoms with Crippen LogP contribution >= 0.6 is 15.9 Å². The third-order valence-corrected chi connectivity index (χ3v) is 5.72. The van der Waals surface area contributed by atoms with Crippen LogP contribution in [0, 0.1) is 0 Å². The number of nitrogens with one attached hydrogen (secondary N) is 2. The Morgan fingerprint density at radius 2 is 1.79 bits per heavy atom. The maximum absolute atomic E-state index is 12.5. The first-order chi connectivity index (χ1) is 13.6. The number of carbonyl (C=O) groups excluding carboxylic acids is 1. The van der Waals surface area contributed by atoms with Crippen molar-refractivity contribution in [2.75, 3.05) is 13.6 Å². The highest BCUT2D eigenvalue weighted by Crippen LogP contribution is 2.23. The fraction of sp³-hybridized carbons (Fsp3) is 0.364. The molecule has 0 saturated carbocycles. The van der Waals surface area contributed by atoms with Crippen LogP contribution in [0.4, 0.5) is 0 Å². The quantitative estimate of drug-likeness (QED) is 0.403. The lowest BCUT2D eigenvalue weighted by Crippen LogP contribution is -2.39. The van der Waals surface area contributed by atoms with Crippen molar-refractivity contribution in [2.24, 2.45) is 4.99 Å². The summed E-state index contributed by atoms with van der Waals surface area (Å²) in [4.78, 5) is 18.7. The molecule has 1 atom stereocenters. The minimum atomic E-state index is 0.117. The second-order valence-electron chi connectivity index (χ2n) is 7.01. The first-order valence-electron chi connectivity index (χ1n) is 9.64. The molecule has 2 aromatic rings. The summed E-state index contributed by atoms with van der Waals surface area (Å²) >= 11 is 3.59. The average molecular weight is 443 g/mol. The lowest BCUT2D eigenvalue weighted by atomic mass is 10.1. The van der Waals surface area contributed by atoms with E-state index in [1.165, 1.54) is 16.7 Å². The van der Waals surface area contributed by atoms with Gasteiger partial charge in [-0.1, -0.05) is 58.4 Å². The number of amides is 1. The van der Waals surface area contributed by atoms with Gasteiger partial charge in [0.2, 0.25) is 5.91 Å². The number of halogens is 1. The van der Waals surface area contributed by atoms with Crippen LogP contribution in [-0.4, -0.2) is 30.4 Å². The third-order valence-electron chi connectivity index (χ3n) is 5.00. The van der Waals surface area contributed by atoms with Gasteiger partial charge in [0.25, 0.3) is 0 Å². The summed E-state index contributed by atoms with van der Waals surface area (Å²) in [7, 11) is 1.76. The summed E-state index contributed by atoms with van der Waals surface area (Å²) in [6.07, 6.45) is 1.31. The molecule has 0 bridgehead atoms. The number of nitrogens with zero attached hydrogens (tertiary/aromatic N) is 2. The number of fused-ring (bicyclic) bond motifs is 1. The Kier molecular flexibility index (Phi) is 7.09. The zero-order valence-corrected chi connectivity index (χ0v) is 18.0. The smallest absolute Gasteiger partial charge is 0.223 e. The van der Waals surface area contributed by atoms with E-state index in [-0.39, 0.29) is 11.9 Å². The van der Waals surface area contributed by atoms with Crippen molar-refractivity contribution in [3.05, 3.63) is 69.7 Å². The minimum Gasteiger partial charge on any atom is -0.356 e. The standard InChI is InChI=1S/C22H27BrN4O/c1-16(19-10-5-6-11-20(19)23)26-22(24-2)25-13-7-12-21(28)27-14-17-8-3-4-9-18(17)15-27/h3-6,8-11,16H,7,12-15H2,1-2H3,(H2,24,25,26). The molecule has 1 amide bonds. The number of hydrogen-bond acceptors (Lipinski definition) is 2. The molecule has 0 fully saturated rings. The Morgan fingerprint density at radius 1 is 1.14 bits per heavy atom. The lowest BCUT2D eigenvalue weighted by Gasteiger charge is -2.19. The number of benzene rings is 2. The van der Waals surface area contributed by atoms with Gasteiger partial charge in [0.15, 0.2) is 5.96 Å². The number of aliphatic imine (C=N–C) groups is 1. The molecular formula is C22H27BrN4O. The summed E-state index contributed by atoms with van der Waals surface area (Å²) in [6, 6.07) is 16.5. The minimum absolute atomic E-state index is 0.117. The van der Waals surface area contributed by atoms with Crippen LogP contribution in [0.1, 0.15) is 42.5 Å². The molecule has 1 heterocycles. The molecule has 0 aromatic heterocycles. The number of hydrogen-bond donors (Lipinski definition) is 2. The van der Waals surface area contributed by atoms with Crippen LogP contribution in [0.5, 0.6) is 0 Å². The van der Waals surface area contributed by atoms with Crippen LogP contribution in [-0.2, 0) is 17.9 Å². The van der Waals surface area contributed by atoms with Crippen molar-refractivity contribution in [3.8, 4) is 0 Å². The summed E-state index contributed by atoms with van der Waals surface area (Å²) in [5.41, 5.74) is 3.70. The largest absolute Gasteiger partial charge is 0.356 e. The highest BCUT2D eigenvalue weighted by Gasteiger charge is 2.22. The van der Waals surface area contributed by atoms with Gasteiger partial charge < -0.3 is 15.5 Å². The summed E-state index contributed by atoms with van der Waals surface area (Å²) < 4.78 is 1.07. The maximum Gasteiger partial charge on any atom is 0.223 e. The summed E-state index contributed by atoms with van der Waals surface area (Å²) in [5.74, 6) is 0.951. The summed E-state index contributed by atoms with van der Waals surface area (Å²) in [5, 5.41) is 6.70. The zero-order chi connectivity index (χ0) is 19.9. The Bertz CT molecular complexity index is 827. The normalized spacial score (nSPS) is 14.5. The monoisotopic (exact) mass is 442 g/mol. The van der Waals surface area contributed by atoms with Gasteiger partial charge in [0.05, 0.1) is 6.04 Å². The van der Waals surface area contributed by atoms with Gasteiger partial charge in [-0.15, -0.1) is 0 Å². The van der Waals surface area contributed by atoms with Gasteiger partial charge in [0.1, 0.15) is 0 Å². The topological polar surface area (TPSA) is 56.7 Å². The van der Waals surface area contributed by atoms with Gasteiger partial charge in [-0.3, -0.25) is 9.79 Å². The molecule has 1 unspecified atom stereocenters. The summed E-state index contributed by atoms with van der Waals surface area (Å²) in [6.45, 7) is 4.26. The first-order valence-corrected chi connectivity index (χ1v) is 10.4. The van der Waals surface area contributed by atoms with Crippen molar-refractivity contribution in [2.45, 2.75) is 38.9 Å². The molecule has 5 nitrogen and oxygen atoms in total. The van der Waals surface area contributed by atoms with E-state index < -0.39 is 0 Å². The van der Waals surface area contributed by atoms with Gasteiger partial charge in [-0.05, 0) is 36.1 Å². The van der Waals surface area contributed by atoms with Crippen LogP contribution < -0.4 is 10.6 Å². The van der Waals surface area contributed by atoms with E-state index in [4.69, 9.17) is 0 Å². The van der Waals surface area contributed by atoms with Gasteiger partial charge in [-0.25, -0.2) is 0 Å². The molecule has 2 aromatic carbocycles. The van der Waals surface area contributed by atoms with Gasteiger partial charge in [0, 0.05) is 37.6 Å². The van der Waals surface area contributed by atoms with Crippen LogP contribution in [0.25, 0.3) is 0 Å². The second-order valence-corrected chi connectivity index (χ2v) is 7.86. The Morgan fingerprint density at radius 3 is 2.43 bits per heavy atom. The fourth-order valence-electron chi connectivity index (χ4n) is 3.42. The van der Waals surface area contributed by atoms with Crippen LogP contribution in [0.15, 0.2) is 58.0 Å². The van der Waals surface area contributed by atoms with Gasteiger partial charge >= 0.3 is 0 Å². The molecule has 2 N–H and O–H groups in total. The lowest BCUT2D eigenvalue weighted by molar-refractivity contribution is -0.131. The maximum atomic E-state index is 12.5. The van der Waals surface area contributed by atoms with Crippen molar-refractivity contribution >= 4 is 27.8 Å². The van der Waals surface area contributed by atoms with E-state index in [0.29, 0.717) is 13.0 Å². The highest BCUT2D eigenvalue weighted by atomic mass is 79.9. The van der Waals surface area contributed by atoms with Crippen LogP contribution in [0.3, 0.4) is 0 Å². The van der Waals surface area contributed by atoms with Gasteiger partial charge in [-0.2, -0.15) is 0 Å². The predicted molar refractivity (Wildman–Crippen MR) is 117 cm³/mol. The number of rotatable bonds is 6. The first kappa shape index (κ1) is 20.4. The Balaban J connectivity index is 1.40. The Labute approximate surface area is 175 Å². The molecule has 0 spiro atoms. The van der Waals surface area contributed by atoms with E-state index in [0.717, 1.165) is 29.9 Å². The fourth-order valence-corrected chi connectivity index (χ4v) is 4.05. The predicted octanol–water partition coefficient (Wildman–Crippen LogP) is 4.00. The van der Waals surface area contributed by atoms with E-state index >= 15 is 0 Å². The Hall–Kier alpha value is -2.34. The molecule has 1 aliphatic heterocycles. The van der Waals surface area contributed by atoms with Crippen LogP contribution in [0.2, 0.25) is 0 Å². The molecule has 0 saturated heterocycles. The molecule has 6 heteroatoms. The average Bonchev–Trinajstić information content (AvgIpc) is 3.14. The SMILES string of the molecule is CN=C(NCCCC(=O)N1Cc2ccccc2C1)NC(C)c1ccccc1Br. The molecule has 148 valence electrons. The highest BCUT2D eigenvalue weighted by molar-refractivity contribution is 9.10. The van der Waals surface area contributed by atoms with E-state index in [9.17, 15) is 4.79 Å². The van der Waals surface area contributed by atoms with E-state index in [2.05, 4.69) is 56.7 Å². The van der Waals surface area contributed by atoms with E-state index in [1.54, 1.807) is 7.05 Å². The zero-order valence-electron chi connectivity index (χ0n) is 16.4. The van der Waals surface area contributed by atoms with Crippen molar-refractivity contribution < 1.29 is 4.79 Å². The molecule has 3 rings (SSSR count). The van der Waals surface area contributed by atoms with Crippen molar-refractivity contribution in [3.63, 3.8) is 0 Å². The molecule has 28 heavy (non-hydrogen) atoms. The molecule has 1 aliphatic rings. The molecule has 0 radical (unpaired) electrons. The molecular weight excluding hydrogens is 416 g/mol. The van der Waals surface area contributed by atoms with Crippen molar-refractivity contribution in [1.82, 2.24) is 15.5 Å².